The molecular formula is C9H12Cl2. The Kier molecular flexibility index (Phi) is 3.47. The Hall–Kier alpha value is 0.0600. The van der Waals surface area contributed by atoms with Gasteiger partial charge in [-0.1, -0.05) is 42.6 Å². The molecule has 1 rings (SSSR count). The molecule has 1 aliphatic rings. The van der Waals surface area contributed by atoms with Gasteiger partial charge in [0.1, 0.15) is 0 Å². The lowest BCUT2D eigenvalue weighted by molar-refractivity contribution is 0.880. The van der Waals surface area contributed by atoms with Crippen LogP contribution in [0.4, 0.5) is 0 Å². The first-order valence-corrected chi connectivity index (χ1v) is 4.75. The van der Waals surface area contributed by atoms with Gasteiger partial charge in [-0.3, -0.25) is 0 Å². The van der Waals surface area contributed by atoms with Crippen molar-refractivity contribution in [1.82, 2.24) is 0 Å². The fourth-order valence-corrected chi connectivity index (χ4v) is 1.91. The van der Waals surface area contributed by atoms with Gasteiger partial charge in [-0.05, 0) is 24.8 Å². The third kappa shape index (κ3) is 2.25. The van der Waals surface area contributed by atoms with Gasteiger partial charge in [-0.25, -0.2) is 0 Å². The van der Waals surface area contributed by atoms with Crippen LogP contribution in [0.5, 0.6) is 0 Å². The van der Waals surface area contributed by atoms with E-state index in [9.17, 15) is 0 Å². The number of halogens is 2. The molecule has 0 aliphatic heterocycles. The standard InChI is InChI=1S/C9H12Cl2/c1-2-4-7-8(10)5-3-6-9(7)11/h5H,2-4,6H2,1H3. The summed E-state index contributed by atoms with van der Waals surface area (Å²) in [6.07, 6.45) is 6.13. The smallest absolute Gasteiger partial charge is 0.0409 e. The van der Waals surface area contributed by atoms with Gasteiger partial charge in [0.2, 0.25) is 0 Å². The molecule has 0 aromatic heterocycles. The Morgan fingerprint density at radius 1 is 1.45 bits per heavy atom. The summed E-state index contributed by atoms with van der Waals surface area (Å²) in [4.78, 5) is 0. The zero-order valence-electron chi connectivity index (χ0n) is 6.66. The molecule has 2 heteroatoms. The van der Waals surface area contributed by atoms with Gasteiger partial charge < -0.3 is 0 Å². The zero-order valence-corrected chi connectivity index (χ0v) is 8.17. The highest BCUT2D eigenvalue weighted by molar-refractivity contribution is 6.35. The van der Waals surface area contributed by atoms with Crippen LogP contribution in [-0.2, 0) is 0 Å². The average molecular weight is 191 g/mol. The summed E-state index contributed by atoms with van der Waals surface area (Å²) >= 11 is 12.0. The third-order valence-electron chi connectivity index (χ3n) is 1.80. The summed E-state index contributed by atoms with van der Waals surface area (Å²) < 4.78 is 0. The van der Waals surface area contributed by atoms with Gasteiger partial charge in [-0.2, -0.15) is 0 Å². The molecular weight excluding hydrogens is 179 g/mol. The number of hydrogen-bond donors (Lipinski definition) is 0. The molecule has 0 amide bonds. The van der Waals surface area contributed by atoms with Crippen LogP contribution >= 0.6 is 23.2 Å². The predicted molar refractivity (Wildman–Crippen MR) is 51.0 cm³/mol. The van der Waals surface area contributed by atoms with Crippen molar-refractivity contribution in [2.24, 2.45) is 0 Å². The molecule has 0 radical (unpaired) electrons. The molecule has 11 heavy (non-hydrogen) atoms. The first-order valence-electron chi connectivity index (χ1n) is 3.99. The minimum absolute atomic E-state index is 0.864. The van der Waals surface area contributed by atoms with E-state index in [0.29, 0.717) is 0 Å². The molecule has 62 valence electrons. The van der Waals surface area contributed by atoms with E-state index in [2.05, 4.69) is 13.0 Å². The van der Waals surface area contributed by atoms with Crippen molar-refractivity contribution in [3.05, 3.63) is 21.7 Å². The highest BCUT2D eigenvalue weighted by Gasteiger charge is 2.11. The fraction of sp³-hybridized carbons (Fsp3) is 0.556. The second-order valence-electron chi connectivity index (χ2n) is 2.72. The largest absolute Gasteiger partial charge is 0.0888 e. The van der Waals surface area contributed by atoms with Gasteiger partial charge in [0.25, 0.3) is 0 Å². The highest BCUT2D eigenvalue weighted by Crippen LogP contribution is 2.32. The predicted octanol–water partition coefficient (Wildman–Crippen LogP) is 4.20. The van der Waals surface area contributed by atoms with Crippen LogP contribution in [0.3, 0.4) is 0 Å². The zero-order chi connectivity index (χ0) is 8.27. The number of rotatable bonds is 2. The normalized spacial score (nSPS) is 18.6. The van der Waals surface area contributed by atoms with E-state index >= 15 is 0 Å². The maximum atomic E-state index is 6.01. The highest BCUT2D eigenvalue weighted by atomic mass is 35.5. The first-order chi connectivity index (χ1) is 5.25. The molecule has 0 aromatic carbocycles. The Bertz CT molecular complexity index is 202. The quantitative estimate of drug-likeness (QED) is 0.613. The van der Waals surface area contributed by atoms with E-state index in [4.69, 9.17) is 23.2 Å². The van der Waals surface area contributed by atoms with E-state index in [-0.39, 0.29) is 0 Å². The molecule has 0 aromatic rings. The SMILES string of the molecule is CCCC1=C(Cl)CCC=C1Cl. The number of allylic oxidation sites excluding steroid dienone is 4. The fourth-order valence-electron chi connectivity index (χ4n) is 1.23. The van der Waals surface area contributed by atoms with Gasteiger partial charge in [-0.15, -0.1) is 0 Å². The topological polar surface area (TPSA) is 0 Å². The second kappa shape index (κ2) is 4.18. The van der Waals surface area contributed by atoms with Crippen molar-refractivity contribution in [2.75, 3.05) is 0 Å². The lowest BCUT2D eigenvalue weighted by atomic mass is 10.0. The number of hydrogen-bond acceptors (Lipinski definition) is 0. The van der Waals surface area contributed by atoms with Crippen LogP contribution in [0.2, 0.25) is 0 Å². The van der Waals surface area contributed by atoms with E-state index in [1.807, 2.05) is 0 Å². The van der Waals surface area contributed by atoms with Crippen molar-refractivity contribution in [3.63, 3.8) is 0 Å². The molecule has 0 N–H and O–H groups in total. The van der Waals surface area contributed by atoms with Gasteiger partial charge >= 0.3 is 0 Å². The monoisotopic (exact) mass is 190 g/mol. The van der Waals surface area contributed by atoms with Crippen molar-refractivity contribution in [2.45, 2.75) is 32.6 Å². The Balaban J connectivity index is 2.76. The van der Waals surface area contributed by atoms with E-state index in [0.717, 1.165) is 41.3 Å². The summed E-state index contributed by atoms with van der Waals surface area (Å²) in [5.41, 5.74) is 1.15. The van der Waals surface area contributed by atoms with Crippen LogP contribution in [0.25, 0.3) is 0 Å². The lowest BCUT2D eigenvalue weighted by Gasteiger charge is -2.13. The van der Waals surface area contributed by atoms with Gasteiger partial charge in [0.15, 0.2) is 0 Å². The molecule has 0 nitrogen and oxygen atoms in total. The van der Waals surface area contributed by atoms with Crippen molar-refractivity contribution >= 4 is 23.2 Å². The minimum atomic E-state index is 0.864. The summed E-state index contributed by atoms with van der Waals surface area (Å²) in [5, 5.41) is 1.82. The van der Waals surface area contributed by atoms with E-state index in [1.54, 1.807) is 0 Å². The Morgan fingerprint density at radius 3 is 2.73 bits per heavy atom. The summed E-state index contributed by atoms with van der Waals surface area (Å²) in [7, 11) is 0. The molecule has 0 bridgehead atoms. The molecule has 0 heterocycles. The second-order valence-corrected chi connectivity index (χ2v) is 3.59. The van der Waals surface area contributed by atoms with Crippen molar-refractivity contribution < 1.29 is 0 Å². The van der Waals surface area contributed by atoms with Crippen LogP contribution in [-0.4, -0.2) is 0 Å². The Morgan fingerprint density at radius 2 is 2.18 bits per heavy atom. The maximum Gasteiger partial charge on any atom is 0.0409 e. The molecule has 0 atom stereocenters. The first kappa shape index (κ1) is 9.15. The maximum absolute atomic E-state index is 6.01. The average Bonchev–Trinajstić information content (AvgIpc) is 1.97. The van der Waals surface area contributed by atoms with E-state index in [1.165, 1.54) is 0 Å². The minimum Gasteiger partial charge on any atom is -0.0888 e. The van der Waals surface area contributed by atoms with Crippen molar-refractivity contribution in [1.29, 1.82) is 0 Å². The van der Waals surface area contributed by atoms with Crippen molar-refractivity contribution in [3.8, 4) is 0 Å². The molecule has 0 saturated heterocycles. The van der Waals surface area contributed by atoms with Gasteiger partial charge in [0, 0.05) is 10.1 Å². The van der Waals surface area contributed by atoms with Crippen LogP contribution in [0.15, 0.2) is 21.7 Å². The third-order valence-corrected chi connectivity index (χ3v) is 2.60. The van der Waals surface area contributed by atoms with Crippen LogP contribution in [0.1, 0.15) is 32.6 Å². The Labute approximate surface area is 77.9 Å². The summed E-state index contributed by atoms with van der Waals surface area (Å²) in [6, 6.07) is 0. The molecule has 0 spiro atoms. The summed E-state index contributed by atoms with van der Waals surface area (Å²) in [6.45, 7) is 2.13. The van der Waals surface area contributed by atoms with Gasteiger partial charge in [0.05, 0.1) is 0 Å². The molecule has 0 saturated carbocycles. The molecule has 1 aliphatic carbocycles. The van der Waals surface area contributed by atoms with Crippen LogP contribution < -0.4 is 0 Å². The van der Waals surface area contributed by atoms with Crippen LogP contribution in [0, 0.1) is 0 Å². The molecule has 0 fully saturated rings. The molecule has 0 unspecified atom stereocenters. The van der Waals surface area contributed by atoms with E-state index < -0.39 is 0 Å². The summed E-state index contributed by atoms with van der Waals surface area (Å²) in [5.74, 6) is 0. The lowest BCUT2D eigenvalue weighted by Crippen LogP contribution is -1.93.